The van der Waals surface area contributed by atoms with Crippen LogP contribution in [-0.2, 0) is 13.1 Å². The average molecular weight is 249 g/mol. The van der Waals surface area contributed by atoms with Crippen molar-refractivity contribution in [1.29, 1.82) is 0 Å². The van der Waals surface area contributed by atoms with E-state index < -0.39 is 11.6 Å². The molecule has 0 unspecified atom stereocenters. The number of nitrogens with one attached hydrogen (secondary N) is 1. The number of aromatic hydroxyl groups is 1. The molecule has 94 valence electrons. The number of phenolic OH excluding ortho intramolecular Hbond substituents is 1. The van der Waals surface area contributed by atoms with Gasteiger partial charge < -0.3 is 10.4 Å². The molecule has 0 aliphatic carbocycles. The lowest BCUT2D eigenvalue weighted by Gasteiger charge is -2.06. The zero-order valence-corrected chi connectivity index (χ0v) is 9.66. The van der Waals surface area contributed by atoms with Crippen LogP contribution in [0, 0.1) is 11.6 Å². The molecule has 0 aromatic heterocycles. The van der Waals surface area contributed by atoms with Gasteiger partial charge in [0.05, 0.1) is 0 Å². The van der Waals surface area contributed by atoms with Gasteiger partial charge in [-0.25, -0.2) is 8.78 Å². The Labute approximate surface area is 104 Å². The molecule has 0 saturated heterocycles. The zero-order chi connectivity index (χ0) is 13.0. The summed E-state index contributed by atoms with van der Waals surface area (Å²) in [4.78, 5) is 0. The predicted molar refractivity (Wildman–Crippen MR) is 65.0 cm³/mol. The van der Waals surface area contributed by atoms with E-state index in [1.165, 1.54) is 12.1 Å². The number of hydrogen-bond donors (Lipinski definition) is 2. The highest BCUT2D eigenvalue weighted by Crippen LogP contribution is 2.12. The number of benzene rings is 2. The molecule has 0 atom stereocenters. The van der Waals surface area contributed by atoms with Crippen LogP contribution >= 0.6 is 0 Å². The molecule has 0 aliphatic rings. The van der Waals surface area contributed by atoms with Crippen LogP contribution in [0.15, 0.2) is 42.5 Å². The van der Waals surface area contributed by atoms with E-state index in [1.807, 2.05) is 6.07 Å². The van der Waals surface area contributed by atoms with Crippen molar-refractivity contribution in [2.75, 3.05) is 0 Å². The summed E-state index contributed by atoms with van der Waals surface area (Å²) in [6.45, 7) is 0.812. The largest absolute Gasteiger partial charge is 0.508 e. The molecule has 2 N–H and O–H groups in total. The number of halogens is 2. The van der Waals surface area contributed by atoms with Crippen LogP contribution in [0.4, 0.5) is 8.78 Å². The van der Waals surface area contributed by atoms with Crippen molar-refractivity contribution in [2.45, 2.75) is 13.1 Å². The van der Waals surface area contributed by atoms with Gasteiger partial charge in [-0.3, -0.25) is 0 Å². The van der Waals surface area contributed by atoms with Gasteiger partial charge in [-0.05, 0) is 23.8 Å². The monoisotopic (exact) mass is 249 g/mol. The normalized spacial score (nSPS) is 10.6. The maximum Gasteiger partial charge on any atom is 0.130 e. The molecular weight excluding hydrogens is 236 g/mol. The average Bonchev–Trinajstić information content (AvgIpc) is 2.32. The van der Waals surface area contributed by atoms with Crippen molar-refractivity contribution in [3.63, 3.8) is 0 Å². The van der Waals surface area contributed by atoms with Gasteiger partial charge in [0.1, 0.15) is 17.4 Å². The van der Waals surface area contributed by atoms with Gasteiger partial charge in [-0.2, -0.15) is 0 Å². The van der Waals surface area contributed by atoms with Crippen molar-refractivity contribution in [3.8, 4) is 5.75 Å². The van der Waals surface area contributed by atoms with E-state index in [0.29, 0.717) is 18.7 Å². The minimum Gasteiger partial charge on any atom is -0.508 e. The number of rotatable bonds is 4. The van der Waals surface area contributed by atoms with Crippen LogP contribution in [0.1, 0.15) is 11.1 Å². The summed E-state index contributed by atoms with van der Waals surface area (Å²) >= 11 is 0. The minimum absolute atomic E-state index is 0.197. The SMILES string of the molecule is Oc1cccc(CNCc2ccc(F)cc2F)c1. The van der Waals surface area contributed by atoms with Gasteiger partial charge in [0, 0.05) is 24.7 Å². The van der Waals surface area contributed by atoms with E-state index in [2.05, 4.69) is 5.32 Å². The predicted octanol–water partition coefficient (Wildman–Crippen LogP) is 2.96. The van der Waals surface area contributed by atoms with Gasteiger partial charge in [-0.15, -0.1) is 0 Å². The summed E-state index contributed by atoms with van der Waals surface area (Å²) < 4.78 is 26.0. The fraction of sp³-hybridized carbons (Fsp3) is 0.143. The van der Waals surface area contributed by atoms with Crippen LogP contribution in [0.25, 0.3) is 0 Å². The molecule has 0 fully saturated rings. The molecule has 0 amide bonds. The lowest BCUT2D eigenvalue weighted by Crippen LogP contribution is -2.13. The van der Waals surface area contributed by atoms with Crippen molar-refractivity contribution >= 4 is 0 Å². The van der Waals surface area contributed by atoms with Gasteiger partial charge in [-0.1, -0.05) is 18.2 Å². The van der Waals surface area contributed by atoms with E-state index in [1.54, 1.807) is 18.2 Å². The molecule has 0 radical (unpaired) electrons. The summed E-state index contributed by atoms with van der Waals surface area (Å²) in [5.41, 5.74) is 1.31. The topological polar surface area (TPSA) is 32.3 Å². The molecule has 0 aliphatic heterocycles. The number of hydrogen-bond acceptors (Lipinski definition) is 2. The maximum absolute atomic E-state index is 13.3. The second kappa shape index (κ2) is 5.60. The molecule has 2 nitrogen and oxygen atoms in total. The summed E-state index contributed by atoms with van der Waals surface area (Å²) in [5, 5.41) is 12.3. The Kier molecular flexibility index (Phi) is 3.89. The van der Waals surface area contributed by atoms with Crippen molar-refractivity contribution in [3.05, 3.63) is 65.2 Å². The molecule has 2 aromatic carbocycles. The van der Waals surface area contributed by atoms with Crippen molar-refractivity contribution < 1.29 is 13.9 Å². The highest BCUT2D eigenvalue weighted by Gasteiger charge is 2.03. The first-order valence-corrected chi connectivity index (χ1v) is 5.58. The highest BCUT2D eigenvalue weighted by molar-refractivity contribution is 5.27. The first-order valence-electron chi connectivity index (χ1n) is 5.58. The third-order valence-corrected chi connectivity index (χ3v) is 2.57. The Morgan fingerprint density at radius 3 is 2.56 bits per heavy atom. The van der Waals surface area contributed by atoms with E-state index in [9.17, 15) is 13.9 Å². The maximum atomic E-state index is 13.3. The zero-order valence-electron chi connectivity index (χ0n) is 9.66. The second-order valence-corrected chi connectivity index (χ2v) is 4.01. The van der Waals surface area contributed by atoms with Gasteiger partial charge in [0.2, 0.25) is 0 Å². The van der Waals surface area contributed by atoms with Crippen LogP contribution in [-0.4, -0.2) is 5.11 Å². The molecule has 0 heterocycles. The lowest BCUT2D eigenvalue weighted by atomic mass is 10.2. The fourth-order valence-corrected chi connectivity index (χ4v) is 1.67. The first kappa shape index (κ1) is 12.5. The standard InChI is InChI=1S/C14H13F2NO/c15-12-5-4-11(14(16)7-12)9-17-8-10-2-1-3-13(18)6-10/h1-7,17-18H,8-9H2. The molecule has 2 rings (SSSR count). The highest BCUT2D eigenvalue weighted by atomic mass is 19.1. The molecule has 4 heteroatoms. The minimum atomic E-state index is -0.579. The van der Waals surface area contributed by atoms with E-state index in [-0.39, 0.29) is 5.75 Å². The smallest absolute Gasteiger partial charge is 0.130 e. The first-order chi connectivity index (χ1) is 8.65. The molecule has 18 heavy (non-hydrogen) atoms. The third-order valence-electron chi connectivity index (χ3n) is 2.57. The molecule has 0 saturated carbocycles. The van der Waals surface area contributed by atoms with Crippen LogP contribution < -0.4 is 5.32 Å². The Morgan fingerprint density at radius 2 is 1.83 bits per heavy atom. The quantitative estimate of drug-likeness (QED) is 0.873. The Bertz CT molecular complexity index is 543. The van der Waals surface area contributed by atoms with Gasteiger partial charge in [0.25, 0.3) is 0 Å². The van der Waals surface area contributed by atoms with Crippen LogP contribution in [0.3, 0.4) is 0 Å². The molecule has 0 bridgehead atoms. The van der Waals surface area contributed by atoms with Crippen molar-refractivity contribution in [2.24, 2.45) is 0 Å². The fourth-order valence-electron chi connectivity index (χ4n) is 1.67. The molecule has 0 spiro atoms. The van der Waals surface area contributed by atoms with Gasteiger partial charge >= 0.3 is 0 Å². The Balaban J connectivity index is 1.92. The van der Waals surface area contributed by atoms with E-state index in [4.69, 9.17) is 0 Å². The lowest BCUT2D eigenvalue weighted by molar-refractivity contribution is 0.474. The number of phenols is 1. The molecule has 2 aromatic rings. The van der Waals surface area contributed by atoms with E-state index in [0.717, 1.165) is 11.6 Å². The van der Waals surface area contributed by atoms with Crippen LogP contribution in [0.5, 0.6) is 5.75 Å². The Hall–Kier alpha value is -1.94. The van der Waals surface area contributed by atoms with Gasteiger partial charge in [0.15, 0.2) is 0 Å². The Morgan fingerprint density at radius 1 is 1.00 bits per heavy atom. The summed E-state index contributed by atoms with van der Waals surface area (Å²) in [6.07, 6.45) is 0. The summed E-state index contributed by atoms with van der Waals surface area (Å²) in [5.74, 6) is -0.940. The summed E-state index contributed by atoms with van der Waals surface area (Å²) in [7, 11) is 0. The summed E-state index contributed by atoms with van der Waals surface area (Å²) in [6, 6.07) is 10.3. The van der Waals surface area contributed by atoms with Crippen molar-refractivity contribution in [1.82, 2.24) is 5.32 Å². The second-order valence-electron chi connectivity index (χ2n) is 4.01. The third kappa shape index (κ3) is 3.28. The molecular formula is C14H13F2NO. The van der Waals surface area contributed by atoms with E-state index >= 15 is 0 Å². The van der Waals surface area contributed by atoms with Crippen LogP contribution in [0.2, 0.25) is 0 Å².